The zero-order valence-electron chi connectivity index (χ0n) is 9.69. The smallest absolute Gasteiger partial charge is 0.389 e. The van der Waals surface area contributed by atoms with Crippen molar-refractivity contribution in [2.24, 2.45) is 5.92 Å². The van der Waals surface area contributed by atoms with Crippen molar-refractivity contribution in [3.05, 3.63) is 0 Å². The summed E-state index contributed by atoms with van der Waals surface area (Å²) in [5.41, 5.74) is -0.958. The first-order valence-electron chi connectivity index (χ1n) is 5.45. The van der Waals surface area contributed by atoms with Crippen LogP contribution in [-0.2, 0) is 0 Å². The van der Waals surface area contributed by atoms with E-state index in [-0.39, 0.29) is 12.8 Å². The lowest BCUT2D eigenvalue weighted by Gasteiger charge is -2.26. The van der Waals surface area contributed by atoms with Crippen LogP contribution in [-0.4, -0.2) is 16.9 Å². The monoisotopic (exact) mass is 226 g/mol. The van der Waals surface area contributed by atoms with Gasteiger partial charge in [0.2, 0.25) is 0 Å². The summed E-state index contributed by atoms with van der Waals surface area (Å²) in [5.74, 6) is 0.353. The molecule has 0 fully saturated rings. The number of alkyl halides is 3. The highest BCUT2D eigenvalue weighted by molar-refractivity contribution is 4.75. The van der Waals surface area contributed by atoms with Crippen molar-refractivity contribution in [3.8, 4) is 0 Å². The summed E-state index contributed by atoms with van der Waals surface area (Å²) in [5, 5.41) is 9.85. The Morgan fingerprint density at radius 1 is 1.20 bits per heavy atom. The fourth-order valence-corrected chi connectivity index (χ4v) is 1.67. The van der Waals surface area contributed by atoms with Gasteiger partial charge < -0.3 is 5.11 Å². The number of hydrogen-bond acceptors (Lipinski definition) is 1. The van der Waals surface area contributed by atoms with Crippen molar-refractivity contribution in [2.45, 2.75) is 64.7 Å². The summed E-state index contributed by atoms with van der Waals surface area (Å²) in [6.45, 7) is 5.63. The summed E-state index contributed by atoms with van der Waals surface area (Å²) in [6.07, 6.45) is -3.17. The molecular formula is C11H21F3O. The lowest BCUT2D eigenvalue weighted by molar-refractivity contribution is -0.137. The third-order valence-electron chi connectivity index (χ3n) is 2.66. The van der Waals surface area contributed by atoms with E-state index in [1.807, 2.05) is 13.8 Å². The van der Waals surface area contributed by atoms with Crippen LogP contribution < -0.4 is 0 Å². The zero-order chi connectivity index (χ0) is 12.1. The Kier molecular flexibility index (Phi) is 5.63. The number of aliphatic hydroxyl groups is 1. The first-order valence-corrected chi connectivity index (χ1v) is 5.45. The third-order valence-corrected chi connectivity index (χ3v) is 2.66. The minimum Gasteiger partial charge on any atom is -0.390 e. The quantitative estimate of drug-likeness (QED) is 0.728. The Balaban J connectivity index is 3.84. The summed E-state index contributed by atoms with van der Waals surface area (Å²) in [7, 11) is 0. The van der Waals surface area contributed by atoms with Crippen molar-refractivity contribution in [1.29, 1.82) is 0 Å². The molecule has 92 valence electrons. The molecule has 4 heteroatoms. The average molecular weight is 226 g/mol. The fraction of sp³-hybridized carbons (Fsp3) is 1.00. The molecule has 1 nitrogen and oxygen atoms in total. The molecule has 0 radical (unpaired) electrons. The molecule has 0 rings (SSSR count). The lowest BCUT2D eigenvalue weighted by Crippen LogP contribution is -2.27. The molecule has 0 aliphatic rings. The van der Waals surface area contributed by atoms with Gasteiger partial charge in [-0.15, -0.1) is 0 Å². The van der Waals surface area contributed by atoms with Crippen molar-refractivity contribution >= 4 is 0 Å². The maximum absolute atomic E-state index is 11.9. The van der Waals surface area contributed by atoms with Gasteiger partial charge in [0.05, 0.1) is 5.60 Å². The first-order chi connectivity index (χ1) is 6.66. The molecule has 2 unspecified atom stereocenters. The fourth-order valence-electron chi connectivity index (χ4n) is 1.67. The van der Waals surface area contributed by atoms with Crippen molar-refractivity contribution in [2.75, 3.05) is 0 Å². The molecule has 0 aromatic rings. The Bertz CT molecular complexity index is 175. The molecule has 0 spiro atoms. The molecule has 0 aliphatic heterocycles. The average Bonchev–Trinajstić information content (AvgIpc) is 2.00. The van der Waals surface area contributed by atoms with Gasteiger partial charge in [-0.2, -0.15) is 13.2 Å². The standard InChI is InChI=1S/C11H21F3O/c1-4-9(2)8-10(3,15)6-5-7-11(12,13)14/h9,15H,4-8H2,1-3H3. The maximum Gasteiger partial charge on any atom is 0.389 e. The summed E-state index contributed by atoms with van der Waals surface area (Å²) in [4.78, 5) is 0. The van der Waals surface area contributed by atoms with E-state index in [1.165, 1.54) is 0 Å². The van der Waals surface area contributed by atoms with Gasteiger partial charge in [0.25, 0.3) is 0 Å². The largest absolute Gasteiger partial charge is 0.390 e. The predicted molar refractivity (Wildman–Crippen MR) is 54.6 cm³/mol. The number of halogens is 3. The van der Waals surface area contributed by atoms with Crippen LogP contribution in [0, 0.1) is 5.92 Å². The summed E-state index contributed by atoms with van der Waals surface area (Å²) < 4.78 is 35.6. The van der Waals surface area contributed by atoms with Gasteiger partial charge in [-0.3, -0.25) is 0 Å². The molecule has 2 atom stereocenters. The number of hydrogen-bond donors (Lipinski definition) is 1. The van der Waals surface area contributed by atoms with Crippen LogP contribution in [0.3, 0.4) is 0 Å². The van der Waals surface area contributed by atoms with Crippen molar-refractivity contribution < 1.29 is 18.3 Å². The number of rotatable bonds is 6. The van der Waals surface area contributed by atoms with Gasteiger partial charge in [0.15, 0.2) is 0 Å². The molecule has 0 saturated heterocycles. The third kappa shape index (κ3) is 8.73. The lowest BCUT2D eigenvalue weighted by atomic mass is 9.87. The van der Waals surface area contributed by atoms with Crippen LogP contribution in [0.15, 0.2) is 0 Å². The van der Waals surface area contributed by atoms with Gasteiger partial charge in [0.1, 0.15) is 0 Å². The molecule has 0 bridgehead atoms. The molecule has 0 saturated carbocycles. The predicted octanol–water partition coefficient (Wildman–Crippen LogP) is 3.91. The van der Waals surface area contributed by atoms with Crippen LogP contribution in [0.2, 0.25) is 0 Å². The van der Waals surface area contributed by atoms with E-state index in [0.717, 1.165) is 6.42 Å². The maximum atomic E-state index is 11.9. The SMILES string of the molecule is CCC(C)CC(C)(O)CCCC(F)(F)F. The van der Waals surface area contributed by atoms with Crippen molar-refractivity contribution in [3.63, 3.8) is 0 Å². The van der Waals surface area contributed by atoms with Crippen LogP contribution >= 0.6 is 0 Å². The minimum absolute atomic E-state index is 0.00688. The minimum atomic E-state index is -4.10. The van der Waals surface area contributed by atoms with Gasteiger partial charge in [-0.25, -0.2) is 0 Å². The molecule has 0 heterocycles. The van der Waals surface area contributed by atoms with Gasteiger partial charge in [-0.05, 0) is 32.1 Å². The van der Waals surface area contributed by atoms with E-state index in [9.17, 15) is 18.3 Å². The van der Waals surface area contributed by atoms with Crippen molar-refractivity contribution in [1.82, 2.24) is 0 Å². The van der Waals surface area contributed by atoms with E-state index in [0.29, 0.717) is 12.3 Å². The van der Waals surface area contributed by atoms with Crippen LogP contribution in [0.1, 0.15) is 52.9 Å². The molecule has 15 heavy (non-hydrogen) atoms. The normalized spacial score (nSPS) is 18.6. The molecule has 1 N–H and O–H groups in total. The summed E-state index contributed by atoms with van der Waals surface area (Å²) >= 11 is 0. The van der Waals surface area contributed by atoms with E-state index >= 15 is 0 Å². The van der Waals surface area contributed by atoms with E-state index in [4.69, 9.17) is 0 Å². The van der Waals surface area contributed by atoms with E-state index < -0.39 is 18.2 Å². The second-order valence-electron chi connectivity index (χ2n) is 4.68. The van der Waals surface area contributed by atoms with Gasteiger partial charge >= 0.3 is 6.18 Å². The molecule has 0 aliphatic carbocycles. The van der Waals surface area contributed by atoms with Crippen LogP contribution in [0.5, 0.6) is 0 Å². The Morgan fingerprint density at radius 3 is 2.13 bits per heavy atom. The Morgan fingerprint density at radius 2 is 1.73 bits per heavy atom. The van der Waals surface area contributed by atoms with Crippen LogP contribution in [0.25, 0.3) is 0 Å². The molecular weight excluding hydrogens is 205 g/mol. The molecule has 0 aromatic carbocycles. The Labute approximate surface area is 89.7 Å². The highest BCUT2D eigenvalue weighted by atomic mass is 19.4. The van der Waals surface area contributed by atoms with Gasteiger partial charge in [0, 0.05) is 6.42 Å². The summed E-state index contributed by atoms with van der Waals surface area (Å²) in [6, 6.07) is 0. The Hall–Kier alpha value is -0.250. The molecule has 0 amide bonds. The highest BCUT2D eigenvalue weighted by Gasteiger charge is 2.29. The second kappa shape index (κ2) is 5.73. The first kappa shape index (κ1) is 14.8. The van der Waals surface area contributed by atoms with Gasteiger partial charge in [-0.1, -0.05) is 20.3 Å². The topological polar surface area (TPSA) is 20.2 Å². The zero-order valence-corrected chi connectivity index (χ0v) is 9.69. The highest BCUT2D eigenvalue weighted by Crippen LogP contribution is 2.28. The van der Waals surface area contributed by atoms with E-state index in [2.05, 4.69) is 0 Å². The second-order valence-corrected chi connectivity index (χ2v) is 4.68. The van der Waals surface area contributed by atoms with E-state index in [1.54, 1.807) is 6.92 Å². The van der Waals surface area contributed by atoms with Crippen LogP contribution in [0.4, 0.5) is 13.2 Å². The molecule has 0 aromatic heterocycles.